The Morgan fingerprint density at radius 1 is 1.50 bits per heavy atom. The molecule has 2 N–H and O–H groups in total. The summed E-state index contributed by atoms with van der Waals surface area (Å²) in [5, 5.41) is 16.0. The van der Waals surface area contributed by atoms with E-state index in [2.05, 4.69) is 10.6 Å². The highest BCUT2D eigenvalue weighted by atomic mass is 16.6. The van der Waals surface area contributed by atoms with Crippen LogP contribution in [0.3, 0.4) is 0 Å². The molecular formula is C10H13N3O3. The first kappa shape index (κ1) is 12.0. The van der Waals surface area contributed by atoms with Crippen LogP contribution in [0.1, 0.15) is 17.3 Å². The first-order valence-corrected chi connectivity index (χ1v) is 4.85. The van der Waals surface area contributed by atoms with E-state index in [4.69, 9.17) is 0 Å². The van der Waals surface area contributed by atoms with Gasteiger partial charge in [-0.25, -0.2) is 0 Å². The van der Waals surface area contributed by atoms with Crippen molar-refractivity contribution < 1.29 is 9.72 Å². The van der Waals surface area contributed by atoms with Crippen LogP contribution >= 0.6 is 0 Å². The van der Waals surface area contributed by atoms with E-state index >= 15 is 0 Å². The Hall–Kier alpha value is -2.11. The normalized spacial score (nSPS) is 9.62. The molecule has 0 saturated carbocycles. The van der Waals surface area contributed by atoms with E-state index in [0.717, 1.165) is 0 Å². The summed E-state index contributed by atoms with van der Waals surface area (Å²) in [6, 6.07) is 4.39. The topological polar surface area (TPSA) is 84.3 Å². The average molecular weight is 223 g/mol. The molecule has 1 rings (SSSR count). The van der Waals surface area contributed by atoms with Gasteiger partial charge in [0.25, 0.3) is 11.6 Å². The SMILES string of the molecule is CCNC(=O)c1cccc([N+](=O)[O-])c1NC. The van der Waals surface area contributed by atoms with Gasteiger partial charge in [-0.1, -0.05) is 6.07 Å². The fourth-order valence-corrected chi connectivity index (χ4v) is 1.40. The number of nitrogens with zero attached hydrogens (tertiary/aromatic N) is 1. The molecule has 1 aromatic carbocycles. The maximum atomic E-state index is 11.6. The van der Waals surface area contributed by atoms with Crippen molar-refractivity contribution >= 4 is 17.3 Å². The second kappa shape index (κ2) is 5.11. The van der Waals surface area contributed by atoms with E-state index in [1.165, 1.54) is 12.1 Å². The Bertz CT molecular complexity index is 418. The molecule has 0 atom stereocenters. The molecule has 0 aliphatic carbocycles. The molecule has 86 valence electrons. The van der Waals surface area contributed by atoms with Crippen LogP contribution in [0, 0.1) is 10.1 Å². The van der Waals surface area contributed by atoms with Crippen molar-refractivity contribution in [3.05, 3.63) is 33.9 Å². The summed E-state index contributed by atoms with van der Waals surface area (Å²) in [4.78, 5) is 21.9. The van der Waals surface area contributed by atoms with Crippen LogP contribution in [0.25, 0.3) is 0 Å². The number of carbonyl (C=O) groups is 1. The minimum atomic E-state index is -0.519. The van der Waals surface area contributed by atoms with Gasteiger partial charge in [0.05, 0.1) is 10.5 Å². The summed E-state index contributed by atoms with van der Waals surface area (Å²) in [6.45, 7) is 2.26. The van der Waals surface area contributed by atoms with Gasteiger partial charge in [-0.3, -0.25) is 14.9 Å². The molecule has 0 aliphatic heterocycles. The maximum absolute atomic E-state index is 11.6. The van der Waals surface area contributed by atoms with E-state index in [9.17, 15) is 14.9 Å². The van der Waals surface area contributed by atoms with Gasteiger partial charge in [0.1, 0.15) is 5.69 Å². The third-order valence-corrected chi connectivity index (χ3v) is 2.07. The van der Waals surface area contributed by atoms with Gasteiger partial charge in [-0.2, -0.15) is 0 Å². The molecule has 6 heteroatoms. The second-order valence-corrected chi connectivity index (χ2v) is 3.07. The minimum Gasteiger partial charge on any atom is -0.382 e. The van der Waals surface area contributed by atoms with Crippen molar-refractivity contribution in [1.82, 2.24) is 5.32 Å². The van der Waals surface area contributed by atoms with Crippen LogP contribution in [0.4, 0.5) is 11.4 Å². The molecule has 1 amide bonds. The molecule has 16 heavy (non-hydrogen) atoms. The molecule has 0 saturated heterocycles. The van der Waals surface area contributed by atoms with Gasteiger partial charge in [-0.05, 0) is 13.0 Å². The molecule has 0 spiro atoms. The summed E-state index contributed by atoms with van der Waals surface area (Å²) in [5.41, 5.74) is 0.406. The Morgan fingerprint density at radius 2 is 2.19 bits per heavy atom. The lowest BCUT2D eigenvalue weighted by atomic mass is 10.1. The van der Waals surface area contributed by atoms with Crippen molar-refractivity contribution in [2.24, 2.45) is 0 Å². The Labute approximate surface area is 92.8 Å². The van der Waals surface area contributed by atoms with Crippen molar-refractivity contribution in [3.63, 3.8) is 0 Å². The third-order valence-electron chi connectivity index (χ3n) is 2.07. The zero-order valence-corrected chi connectivity index (χ0v) is 9.11. The molecule has 1 aromatic rings. The van der Waals surface area contributed by atoms with E-state index in [0.29, 0.717) is 6.54 Å². The standard InChI is InChI=1S/C10H13N3O3/c1-3-12-10(14)7-5-4-6-8(13(15)16)9(7)11-2/h4-6,11H,3H2,1-2H3,(H,12,14). The quantitative estimate of drug-likeness (QED) is 0.596. The van der Waals surface area contributed by atoms with Gasteiger partial charge in [0, 0.05) is 19.7 Å². The number of para-hydroxylation sites is 1. The Balaban J connectivity index is 3.24. The zero-order valence-electron chi connectivity index (χ0n) is 9.11. The summed E-state index contributed by atoms with van der Waals surface area (Å²) in [7, 11) is 1.55. The number of nitro benzene ring substituents is 1. The van der Waals surface area contributed by atoms with Crippen LogP contribution in [0.15, 0.2) is 18.2 Å². The van der Waals surface area contributed by atoms with Crippen LogP contribution in [-0.2, 0) is 0 Å². The van der Waals surface area contributed by atoms with Gasteiger partial charge >= 0.3 is 0 Å². The number of amides is 1. The lowest BCUT2D eigenvalue weighted by Crippen LogP contribution is -2.23. The highest BCUT2D eigenvalue weighted by Crippen LogP contribution is 2.27. The van der Waals surface area contributed by atoms with Gasteiger partial charge < -0.3 is 10.6 Å². The lowest BCUT2D eigenvalue weighted by Gasteiger charge is -2.08. The highest BCUT2D eigenvalue weighted by molar-refractivity contribution is 6.01. The minimum absolute atomic E-state index is 0.105. The fraction of sp³-hybridized carbons (Fsp3) is 0.300. The summed E-state index contributed by atoms with van der Waals surface area (Å²) in [6.07, 6.45) is 0. The van der Waals surface area contributed by atoms with Crippen molar-refractivity contribution in [2.45, 2.75) is 6.92 Å². The number of carbonyl (C=O) groups excluding carboxylic acids is 1. The van der Waals surface area contributed by atoms with Crippen LogP contribution in [0.5, 0.6) is 0 Å². The molecule has 0 unspecified atom stereocenters. The molecule has 6 nitrogen and oxygen atoms in total. The van der Waals surface area contributed by atoms with Crippen LogP contribution in [0.2, 0.25) is 0 Å². The van der Waals surface area contributed by atoms with Gasteiger partial charge in [-0.15, -0.1) is 0 Å². The predicted molar refractivity (Wildman–Crippen MR) is 60.7 cm³/mol. The van der Waals surface area contributed by atoms with E-state index in [1.807, 2.05) is 0 Å². The lowest BCUT2D eigenvalue weighted by molar-refractivity contribution is -0.384. The van der Waals surface area contributed by atoms with Gasteiger partial charge in [0.15, 0.2) is 0 Å². The maximum Gasteiger partial charge on any atom is 0.293 e. The number of nitro groups is 1. The Morgan fingerprint density at radius 3 is 2.69 bits per heavy atom. The number of nitrogens with one attached hydrogen (secondary N) is 2. The molecular weight excluding hydrogens is 210 g/mol. The largest absolute Gasteiger partial charge is 0.382 e. The van der Waals surface area contributed by atoms with Gasteiger partial charge in [0.2, 0.25) is 0 Å². The van der Waals surface area contributed by atoms with E-state index in [1.54, 1.807) is 20.0 Å². The third kappa shape index (κ3) is 2.28. The molecule has 0 aliphatic rings. The first-order valence-electron chi connectivity index (χ1n) is 4.85. The van der Waals surface area contributed by atoms with E-state index in [-0.39, 0.29) is 22.8 Å². The van der Waals surface area contributed by atoms with Crippen molar-refractivity contribution in [2.75, 3.05) is 18.9 Å². The molecule has 0 aromatic heterocycles. The van der Waals surface area contributed by atoms with Crippen molar-refractivity contribution in [1.29, 1.82) is 0 Å². The number of hydrogen-bond acceptors (Lipinski definition) is 4. The number of benzene rings is 1. The van der Waals surface area contributed by atoms with E-state index < -0.39 is 4.92 Å². The first-order chi connectivity index (χ1) is 7.61. The summed E-state index contributed by atoms with van der Waals surface area (Å²) in [5.74, 6) is -0.324. The fourth-order valence-electron chi connectivity index (χ4n) is 1.40. The molecule has 0 bridgehead atoms. The molecule has 0 fully saturated rings. The summed E-state index contributed by atoms with van der Waals surface area (Å²) >= 11 is 0. The molecule has 0 heterocycles. The smallest absolute Gasteiger partial charge is 0.293 e. The second-order valence-electron chi connectivity index (χ2n) is 3.07. The van der Waals surface area contributed by atoms with Crippen molar-refractivity contribution in [3.8, 4) is 0 Å². The summed E-state index contributed by atoms with van der Waals surface area (Å²) < 4.78 is 0. The Kier molecular flexibility index (Phi) is 3.82. The number of anilines is 1. The monoisotopic (exact) mass is 223 g/mol. The predicted octanol–water partition coefficient (Wildman–Crippen LogP) is 1.39. The van der Waals surface area contributed by atoms with Crippen LogP contribution < -0.4 is 10.6 Å². The van der Waals surface area contributed by atoms with Crippen LogP contribution in [-0.4, -0.2) is 24.4 Å². The number of hydrogen-bond donors (Lipinski definition) is 2. The number of rotatable bonds is 4. The molecule has 0 radical (unpaired) electrons. The average Bonchev–Trinajstić information content (AvgIpc) is 2.28. The highest BCUT2D eigenvalue weighted by Gasteiger charge is 2.19. The zero-order chi connectivity index (χ0) is 12.1.